The Labute approximate surface area is 278 Å². The predicted octanol–water partition coefficient (Wildman–Crippen LogP) is 2.99. The van der Waals surface area contributed by atoms with E-state index in [0.717, 1.165) is 15.9 Å². The van der Waals surface area contributed by atoms with E-state index in [1.54, 1.807) is 48.5 Å². The summed E-state index contributed by atoms with van der Waals surface area (Å²) >= 11 is 13.7. The van der Waals surface area contributed by atoms with Crippen LogP contribution in [0.1, 0.15) is 10.4 Å². The molecule has 234 valence electrons. The van der Waals surface area contributed by atoms with Gasteiger partial charge in [-0.2, -0.15) is 14.0 Å². The molecule has 0 saturated carbocycles. The fourth-order valence-electron chi connectivity index (χ4n) is 4.65. The molecule has 5 aromatic carbocycles. The van der Waals surface area contributed by atoms with Crippen molar-refractivity contribution >= 4 is 63.9 Å². The van der Waals surface area contributed by atoms with Crippen LogP contribution in [0.3, 0.4) is 0 Å². The van der Waals surface area contributed by atoms with E-state index in [1.807, 2.05) is 97.1 Å². The van der Waals surface area contributed by atoms with E-state index in [1.165, 1.54) is 0 Å². The van der Waals surface area contributed by atoms with Gasteiger partial charge in [-0.15, -0.1) is 0 Å². The molecule has 46 heavy (non-hydrogen) atoms. The van der Waals surface area contributed by atoms with Crippen LogP contribution in [0, 0.1) is 10.2 Å². The van der Waals surface area contributed by atoms with Gasteiger partial charge in [0.2, 0.25) is 4.77 Å². The van der Waals surface area contributed by atoms with Gasteiger partial charge in [0, 0.05) is 16.3 Å². The van der Waals surface area contributed by atoms with Gasteiger partial charge in [0.25, 0.3) is 11.8 Å². The van der Waals surface area contributed by atoms with Crippen LogP contribution in [-0.2, 0) is 4.79 Å². The van der Waals surface area contributed by atoms with Crippen molar-refractivity contribution in [3.8, 4) is 0 Å². The number of anilines is 1. The molecule has 0 aliphatic rings. The van der Waals surface area contributed by atoms with Crippen LogP contribution in [0.25, 0.3) is 0 Å². The second-order valence-electron chi connectivity index (χ2n) is 9.52. The molecule has 0 aliphatic heterocycles. The van der Waals surface area contributed by atoms with Crippen LogP contribution in [0.15, 0.2) is 156 Å². The Balaban J connectivity index is 0.000000892. The number of carbonyl (C=O) groups excluding carboxylic acids is 2. The third-order valence-electron chi connectivity index (χ3n) is 6.52. The highest BCUT2D eigenvalue weighted by atomic mass is 35.7. The topological polar surface area (TPSA) is 148 Å². The van der Waals surface area contributed by atoms with Crippen molar-refractivity contribution in [2.75, 3.05) is 5.32 Å². The molecule has 0 spiro atoms. The molecule has 0 fully saturated rings. The summed E-state index contributed by atoms with van der Waals surface area (Å²) in [5, 5.41) is 9.03. The first-order chi connectivity index (χ1) is 22.0. The normalized spacial score (nSPS) is 11.8. The first-order valence-corrected chi connectivity index (χ1v) is 17.3. The molecule has 5 rings (SSSR count). The Hall–Kier alpha value is -4.08. The molecule has 8 nitrogen and oxygen atoms in total. The molecule has 3 N–H and O–H groups in total. The van der Waals surface area contributed by atoms with Gasteiger partial charge in [0.1, 0.15) is 15.9 Å². The lowest BCUT2D eigenvalue weighted by Gasteiger charge is -2.28. The number of amides is 2. The summed E-state index contributed by atoms with van der Waals surface area (Å²) in [4.78, 5) is 27.6. The van der Waals surface area contributed by atoms with E-state index in [9.17, 15) is 9.59 Å². The smallest absolute Gasteiger partial charge is 0.277 e. The van der Waals surface area contributed by atoms with Crippen molar-refractivity contribution in [1.82, 2.24) is 5.32 Å². The van der Waals surface area contributed by atoms with Crippen LogP contribution in [0.2, 0.25) is 5.02 Å². The third-order valence-corrected chi connectivity index (χ3v) is 11.7. The van der Waals surface area contributed by atoms with Crippen molar-refractivity contribution in [3.05, 3.63) is 167 Å². The van der Waals surface area contributed by atoms with Crippen LogP contribution in [0.5, 0.6) is 0 Å². The van der Waals surface area contributed by atoms with Gasteiger partial charge in [0.05, 0.1) is 14.9 Å². The standard InChI is InChI=1S/C34H25Cl2N2O2P.ClHO4/c35-26-16-13-17-27(24-26)37-34(40)31(38-33(39)25-14-5-1-6-15-25)32(36)41(28-18-7-2-8-19-28,29-20-9-3-10-21-29)30-22-11-4-12-23-30;2-1(3,4)5/h1-24H,(H-,37,38,39,40);(H,2,3,4,5)/p+1/b32-31-;. The minimum Gasteiger partial charge on any atom is -0.321 e. The molecule has 12 heteroatoms. The van der Waals surface area contributed by atoms with Crippen LogP contribution >= 0.6 is 30.5 Å². The fraction of sp³-hybridized carbons (Fsp3) is 0. The number of carbonyl (C=O) groups is 2. The van der Waals surface area contributed by atoms with E-state index < -0.39 is 29.3 Å². The van der Waals surface area contributed by atoms with Crippen molar-refractivity contribution in [2.24, 2.45) is 0 Å². The number of hydrogen-bond acceptors (Lipinski definition) is 6. The summed E-state index contributed by atoms with van der Waals surface area (Å²) in [6, 6.07) is 45.2. The first kappa shape index (κ1) is 34.8. The average Bonchev–Trinajstić information content (AvgIpc) is 3.05. The Morgan fingerprint density at radius 1 is 0.652 bits per heavy atom. The second-order valence-corrected chi connectivity index (χ2v) is 14.7. The van der Waals surface area contributed by atoms with Gasteiger partial charge >= 0.3 is 0 Å². The van der Waals surface area contributed by atoms with E-state index in [4.69, 9.17) is 41.8 Å². The molecule has 0 heterocycles. The van der Waals surface area contributed by atoms with E-state index in [-0.39, 0.29) is 10.5 Å². The van der Waals surface area contributed by atoms with Crippen molar-refractivity contribution in [3.63, 3.8) is 0 Å². The van der Waals surface area contributed by atoms with Crippen LogP contribution in [0.4, 0.5) is 5.69 Å². The minimum absolute atomic E-state index is 0.0367. The largest absolute Gasteiger partial charge is 0.321 e. The number of benzene rings is 5. The van der Waals surface area contributed by atoms with Gasteiger partial charge < -0.3 is 10.6 Å². The molecule has 0 aliphatic carbocycles. The summed E-state index contributed by atoms with van der Waals surface area (Å²) in [6.07, 6.45) is 0. The predicted molar refractivity (Wildman–Crippen MR) is 174 cm³/mol. The summed E-state index contributed by atoms with van der Waals surface area (Å²) in [5.41, 5.74) is 0.833. The van der Waals surface area contributed by atoms with Gasteiger partial charge in [-0.1, -0.05) is 90.5 Å². The zero-order valence-electron chi connectivity index (χ0n) is 23.9. The molecule has 2 amide bonds. The Morgan fingerprint density at radius 3 is 1.48 bits per heavy atom. The molecule has 0 saturated heterocycles. The number of nitrogens with one attached hydrogen (secondary N) is 2. The van der Waals surface area contributed by atoms with Gasteiger partial charge in [-0.3, -0.25) is 9.59 Å². The monoisotopic (exact) mass is 695 g/mol. The Bertz CT molecular complexity index is 1690. The molecule has 5 aromatic rings. The molecule has 0 aromatic heterocycles. The molecule has 0 bridgehead atoms. The number of hydrogen-bond donors (Lipinski definition) is 3. The van der Waals surface area contributed by atoms with Crippen LogP contribution in [-0.4, -0.2) is 16.5 Å². The van der Waals surface area contributed by atoms with E-state index >= 15 is 0 Å². The molecule has 0 atom stereocenters. The fourth-order valence-corrected chi connectivity index (χ4v) is 9.77. The summed E-state index contributed by atoms with van der Waals surface area (Å²) in [5.74, 6) is -1.01. The number of halogens is 3. The quantitative estimate of drug-likeness (QED) is 0.168. The van der Waals surface area contributed by atoms with E-state index in [2.05, 4.69) is 10.6 Å². The summed E-state index contributed by atoms with van der Waals surface area (Å²) in [7, 11) is -7.57. The summed E-state index contributed by atoms with van der Waals surface area (Å²) < 4.78 is 33.0. The lowest BCUT2D eigenvalue weighted by atomic mass is 10.2. The first-order valence-electron chi connectivity index (χ1n) is 13.5. The number of rotatable bonds is 8. The highest BCUT2D eigenvalue weighted by molar-refractivity contribution is 8.00. The van der Waals surface area contributed by atoms with Crippen molar-refractivity contribution in [1.29, 1.82) is 0 Å². The Morgan fingerprint density at radius 2 is 1.07 bits per heavy atom. The average molecular weight is 697 g/mol. The third kappa shape index (κ3) is 9.01. The highest BCUT2D eigenvalue weighted by Gasteiger charge is 2.52. The van der Waals surface area contributed by atoms with Crippen LogP contribution < -0.4 is 40.5 Å². The molecular weight excluding hydrogens is 670 g/mol. The maximum atomic E-state index is 14.1. The second kappa shape index (κ2) is 16.0. The molecular formula is C34H27Cl3N2O6P+. The van der Waals surface area contributed by atoms with Crippen molar-refractivity contribution < 1.29 is 38.5 Å². The zero-order valence-corrected chi connectivity index (χ0v) is 27.1. The highest BCUT2D eigenvalue weighted by Crippen LogP contribution is 2.64. The molecule has 0 unspecified atom stereocenters. The maximum absolute atomic E-state index is 14.1. The molecule has 0 radical (unpaired) electrons. The SMILES string of the molecule is O=C(Nc1cccc(Cl)c1)/C(NC(=O)c1ccccc1)=C(\Cl)[P+](c1ccccc1)(c1ccccc1)c1ccccc1.[O-][Cl+3]([O-])([O-])O. The minimum atomic E-state index is -4.69. The van der Waals surface area contributed by atoms with Gasteiger partial charge in [-0.05, 0) is 78.3 Å². The Kier molecular flexibility index (Phi) is 12.1. The lowest BCUT2D eigenvalue weighted by Crippen LogP contribution is -2.58. The maximum Gasteiger partial charge on any atom is 0.277 e. The van der Waals surface area contributed by atoms with Gasteiger partial charge in [0.15, 0.2) is 13.0 Å². The van der Waals surface area contributed by atoms with Crippen molar-refractivity contribution in [2.45, 2.75) is 0 Å². The lowest BCUT2D eigenvalue weighted by molar-refractivity contribution is -1.92. The van der Waals surface area contributed by atoms with Gasteiger partial charge in [-0.25, -0.2) is 0 Å². The van der Waals surface area contributed by atoms with E-state index in [0.29, 0.717) is 16.3 Å². The zero-order chi connectivity index (χ0) is 33.2. The summed E-state index contributed by atoms with van der Waals surface area (Å²) in [6.45, 7) is 0.